The summed E-state index contributed by atoms with van der Waals surface area (Å²) in [6.45, 7) is 0.313. The number of Topliss-reactive ketones (excluding diaryl/α,β-unsaturated/α-hetero) is 2. The molecule has 3 aliphatic heterocycles. The van der Waals surface area contributed by atoms with Gasteiger partial charge in [-0.05, 0) is 34.4 Å². The van der Waals surface area contributed by atoms with Crippen LogP contribution in [0.15, 0.2) is 145 Å². The summed E-state index contributed by atoms with van der Waals surface area (Å²) in [6, 6.07) is 39.7. The number of anilines is 1. The number of para-hydroxylation sites is 1. The van der Waals surface area contributed by atoms with Gasteiger partial charge in [-0.3, -0.25) is 14.4 Å². The van der Waals surface area contributed by atoms with E-state index < -0.39 is 28.6 Å². The third kappa shape index (κ3) is 3.40. The SMILES string of the molecule is O=C1/C(=C2/N3C=Cc4ccccc4C3C3(C(=O)c4ccccc4C3=O)C2(O)c2ccccc2)c2ccccc2N1Cc1ccccc1. The second-order valence-corrected chi connectivity index (χ2v) is 12.5. The second kappa shape index (κ2) is 9.82. The number of fused-ring (bicyclic) bond motifs is 6. The molecule has 1 spiro atoms. The van der Waals surface area contributed by atoms with Crippen LogP contribution in [0.25, 0.3) is 11.6 Å². The zero-order valence-corrected chi connectivity index (χ0v) is 25.2. The molecule has 9 rings (SSSR count). The van der Waals surface area contributed by atoms with Crippen LogP contribution in [0.3, 0.4) is 0 Å². The first-order valence-electron chi connectivity index (χ1n) is 15.7. The number of ketones is 2. The van der Waals surface area contributed by atoms with Crippen LogP contribution in [0.4, 0.5) is 5.69 Å². The predicted molar refractivity (Wildman–Crippen MR) is 179 cm³/mol. The summed E-state index contributed by atoms with van der Waals surface area (Å²) in [6.07, 6.45) is 3.73. The van der Waals surface area contributed by atoms with E-state index in [-0.39, 0.29) is 28.3 Å². The number of carbonyl (C=O) groups excluding carboxylic acids is 3. The Morgan fingerprint density at radius 2 is 1.21 bits per heavy atom. The average molecular weight is 613 g/mol. The van der Waals surface area contributed by atoms with Gasteiger partial charge in [0.25, 0.3) is 5.91 Å². The first-order chi connectivity index (χ1) is 23.0. The first kappa shape index (κ1) is 27.5. The van der Waals surface area contributed by atoms with Crippen LogP contribution >= 0.6 is 0 Å². The van der Waals surface area contributed by atoms with E-state index in [0.717, 1.165) is 16.7 Å². The summed E-state index contributed by atoms with van der Waals surface area (Å²) in [5.74, 6) is -1.22. The molecule has 1 amide bonds. The fourth-order valence-corrected chi connectivity index (χ4v) is 8.29. The van der Waals surface area contributed by atoms with Gasteiger partial charge in [-0.2, -0.15) is 0 Å². The van der Waals surface area contributed by atoms with Gasteiger partial charge in [0, 0.05) is 22.9 Å². The van der Waals surface area contributed by atoms with E-state index >= 15 is 9.59 Å². The topological polar surface area (TPSA) is 77.9 Å². The highest BCUT2D eigenvalue weighted by atomic mass is 16.3. The number of hydrogen-bond acceptors (Lipinski definition) is 5. The van der Waals surface area contributed by atoms with Crippen molar-refractivity contribution in [3.63, 3.8) is 0 Å². The van der Waals surface area contributed by atoms with E-state index in [2.05, 4.69) is 0 Å². The molecule has 47 heavy (non-hydrogen) atoms. The summed E-state index contributed by atoms with van der Waals surface area (Å²) in [5, 5.41) is 13.8. The van der Waals surface area contributed by atoms with Gasteiger partial charge >= 0.3 is 0 Å². The number of aliphatic hydroxyl groups is 1. The van der Waals surface area contributed by atoms with Crippen LogP contribution in [0.5, 0.6) is 0 Å². The Bertz CT molecular complexity index is 2190. The molecule has 1 aliphatic carbocycles. The molecule has 226 valence electrons. The lowest BCUT2D eigenvalue weighted by molar-refractivity contribution is -0.113. The zero-order valence-electron chi connectivity index (χ0n) is 25.2. The van der Waals surface area contributed by atoms with Gasteiger partial charge in [0.15, 0.2) is 22.6 Å². The van der Waals surface area contributed by atoms with Crippen LogP contribution in [0.2, 0.25) is 0 Å². The Kier molecular flexibility index (Phi) is 5.74. The maximum Gasteiger partial charge on any atom is 0.261 e. The highest BCUT2D eigenvalue weighted by Gasteiger charge is 2.77. The maximum absolute atomic E-state index is 15.1. The molecule has 0 radical (unpaired) electrons. The lowest BCUT2D eigenvalue weighted by Crippen LogP contribution is -2.53. The number of carbonyl (C=O) groups is 3. The Balaban J connectivity index is 1.41. The normalized spacial score (nSPS) is 23.3. The Morgan fingerprint density at radius 3 is 1.91 bits per heavy atom. The van der Waals surface area contributed by atoms with Gasteiger partial charge in [-0.25, -0.2) is 0 Å². The third-order valence-corrected chi connectivity index (χ3v) is 10.2. The van der Waals surface area contributed by atoms with Gasteiger partial charge in [-0.15, -0.1) is 0 Å². The van der Waals surface area contributed by atoms with Gasteiger partial charge < -0.3 is 14.9 Å². The Labute approximate surface area is 271 Å². The minimum absolute atomic E-state index is 0.224. The van der Waals surface area contributed by atoms with Crippen molar-refractivity contribution in [2.45, 2.75) is 18.2 Å². The fourth-order valence-electron chi connectivity index (χ4n) is 8.29. The Hall–Kier alpha value is -5.85. The molecule has 5 aromatic rings. The van der Waals surface area contributed by atoms with Crippen molar-refractivity contribution in [1.82, 2.24) is 4.90 Å². The number of hydrogen-bond donors (Lipinski definition) is 1. The lowest BCUT2D eigenvalue weighted by Gasteiger charge is -2.40. The van der Waals surface area contributed by atoms with Crippen LogP contribution < -0.4 is 4.90 Å². The quantitative estimate of drug-likeness (QED) is 0.177. The van der Waals surface area contributed by atoms with Gasteiger partial charge in [0.2, 0.25) is 0 Å². The van der Waals surface area contributed by atoms with Gasteiger partial charge in [0.05, 0.1) is 29.5 Å². The molecule has 2 unspecified atom stereocenters. The van der Waals surface area contributed by atoms with Crippen LogP contribution in [-0.4, -0.2) is 27.5 Å². The van der Waals surface area contributed by atoms with Crippen molar-refractivity contribution in [2.24, 2.45) is 5.41 Å². The zero-order chi connectivity index (χ0) is 31.9. The van der Waals surface area contributed by atoms with E-state index in [4.69, 9.17) is 0 Å². The minimum Gasteiger partial charge on any atom is -0.377 e. The fraction of sp³-hybridized carbons (Fsp3) is 0.0976. The van der Waals surface area contributed by atoms with Crippen LogP contribution in [-0.2, 0) is 16.9 Å². The van der Waals surface area contributed by atoms with E-state index in [0.29, 0.717) is 23.4 Å². The standard InChI is InChI=1S/C41H28N2O4/c44-37-30-19-9-10-20-31(30)38(45)40(37)35-29-18-8-7-15-27(29)23-24-42(35)36(41(40,47)28-16-5-2-6-17-28)34-32-21-11-12-22-33(32)43(39(34)46)25-26-13-3-1-4-14-26/h1-24,35,47H,25H2/b36-34+. The lowest BCUT2D eigenvalue weighted by atomic mass is 9.60. The number of benzene rings is 5. The maximum atomic E-state index is 15.1. The minimum atomic E-state index is -2.23. The van der Waals surface area contributed by atoms with Crippen LogP contribution in [0, 0.1) is 5.41 Å². The summed E-state index contributed by atoms with van der Waals surface area (Å²) >= 11 is 0. The molecule has 3 heterocycles. The van der Waals surface area contributed by atoms with Crippen molar-refractivity contribution in [3.8, 4) is 0 Å². The first-order valence-corrected chi connectivity index (χ1v) is 15.7. The summed E-state index contributed by atoms with van der Waals surface area (Å²) in [5.41, 5.74) is 1.01. The number of rotatable bonds is 3. The average Bonchev–Trinajstić information content (AvgIpc) is 3.63. The largest absolute Gasteiger partial charge is 0.377 e. The predicted octanol–water partition coefficient (Wildman–Crippen LogP) is 6.94. The second-order valence-electron chi connectivity index (χ2n) is 12.5. The number of amides is 1. The molecule has 4 aliphatic rings. The molecule has 6 heteroatoms. The van der Waals surface area contributed by atoms with Gasteiger partial charge in [-0.1, -0.05) is 127 Å². The third-order valence-electron chi connectivity index (χ3n) is 10.2. The summed E-state index contributed by atoms with van der Waals surface area (Å²) in [4.78, 5) is 48.7. The van der Waals surface area contributed by atoms with E-state index in [1.54, 1.807) is 53.4 Å². The molecule has 6 nitrogen and oxygen atoms in total. The monoisotopic (exact) mass is 612 g/mol. The smallest absolute Gasteiger partial charge is 0.261 e. The molecule has 0 saturated carbocycles. The van der Waals surface area contributed by atoms with Crippen molar-refractivity contribution in [3.05, 3.63) is 184 Å². The molecule has 1 saturated heterocycles. The molecule has 1 fully saturated rings. The molecule has 5 aromatic carbocycles. The van der Waals surface area contributed by atoms with Crippen LogP contribution in [0.1, 0.15) is 54.6 Å². The van der Waals surface area contributed by atoms with Crippen molar-refractivity contribution >= 4 is 34.8 Å². The van der Waals surface area contributed by atoms with E-state index in [9.17, 15) is 9.90 Å². The highest BCUT2D eigenvalue weighted by molar-refractivity contribution is 6.35. The summed E-state index contributed by atoms with van der Waals surface area (Å²) < 4.78 is 0. The molecule has 2 atom stereocenters. The van der Waals surface area contributed by atoms with Crippen molar-refractivity contribution < 1.29 is 19.5 Å². The molecule has 0 bridgehead atoms. The van der Waals surface area contributed by atoms with E-state index in [1.807, 2.05) is 102 Å². The molecule has 1 N–H and O–H groups in total. The molecular formula is C41H28N2O4. The summed E-state index contributed by atoms with van der Waals surface area (Å²) in [7, 11) is 0. The highest BCUT2D eigenvalue weighted by Crippen LogP contribution is 2.69. The van der Waals surface area contributed by atoms with Gasteiger partial charge in [0.1, 0.15) is 0 Å². The molecule has 0 aromatic heterocycles. The number of nitrogens with zero attached hydrogens (tertiary/aromatic N) is 2. The van der Waals surface area contributed by atoms with Crippen molar-refractivity contribution in [1.29, 1.82) is 0 Å². The Morgan fingerprint density at radius 1 is 0.638 bits per heavy atom. The van der Waals surface area contributed by atoms with E-state index in [1.165, 1.54) is 0 Å². The molecular weight excluding hydrogens is 584 g/mol. The van der Waals surface area contributed by atoms with Crippen molar-refractivity contribution in [2.75, 3.05) is 4.90 Å².